The molecule has 0 spiro atoms. The van der Waals surface area contributed by atoms with Crippen LogP contribution in [0.15, 0.2) is 5.38 Å². The summed E-state index contributed by atoms with van der Waals surface area (Å²) in [6, 6.07) is 0. The molecule has 0 aromatic carbocycles. The standard InChI is InChI=1S/C12H18N4S2/c1-8-14-11(18-16-8)13-6-5-9-7-17-10(15-9)12(2,3)4/h7H,5-6H2,1-4H3,(H,13,14,16). The van der Waals surface area contributed by atoms with Crippen molar-refractivity contribution in [2.45, 2.75) is 39.5 Å². The maximum Gasteiger partial charge on any atom is 0.202 e. The van der Waals surface area contributed by atoms with Gasteiger partial charge in [-0.15, -0.1) is 11.3 Å². The van der Waals surface area contributed by atoms with E-state index in [0.717, 1.165) is 29.6 Å². The second kappa shape index (κ2) is 5.32. The average molecular weight is 282 g/mol. The van der Waals surface area contributed by atoms with E-state index in [1.807, 2.05) is 6.92 Å². The van der Waals surface area contributed by atoms with Crippen molar-refractivity contribution in [3.05, 3.63) is 21.9 Å². The molecule has 18 heavy (non-hydrogen) atoms. The summed E-state index contributed by atoms with van der Waals surface area (Å²) in [5.74, 6) is 0.825. The second-order valence-electron chi connectivity index (χ2n) is 5.22. The lowest BCUT2D eigenvalue weighted by Crippen LogP contribution is -2.11. The first-order valence-electron chi connectivity index (χ1n) is 5.94. The third kappa shape index (κ3) is 3.49. The summed E-state index contributed by atoms with van der Waals surface area (Å²) in [5.41, 5.74) is 1.30. The fourth-order valence-corrected chi connectivity index (χ4v) is 2.97. The summed E-state index contributed by atoms with van der Waals surface area (Å²) < 4.78 is 4.13. The number of thiazole rings is 1. The normalized spacial score (nSPS) is 11.8. The molecule has 0 radical (unpaired) electrons. The van der Waals surface area contributed by atoms with Crippen molar-refractivity contribution in [2.24, 2.45) is 0 Å². The van der Waals surface area contributed by atoms with E-state index >= 15 is 0 Å². The highest BCUT2D eigenvalue weighted by Gasteiger charge is 2.17. The quantitative estimate of drug-likeness (QED) is 0.935. The van der Waals surface area contributed by atoms with Crippen molar-refractivity contribution in [3.8, 4) is 0 Å². The first-order valence-corrected chi connectivity index (χ1v) is 7.59. The molecular weight excluding hydrogens is 264 g/mol. The molecule has 1 N–H and O–H groups in total. The van der Waals surface area contributed by atoms with E-state index in [4.69, 9.17) is 0 Å². The minimum Gasteiger partial charge on any atom is -0.360 e. The Morgan fingerprint density at radius 2 is 2.06 bits per heavy atom. The Bertz CT molecular complexity index is 510. The van der Waals surface area contributed by atoms with Crippen molar-refractivity contribution in [2.75, 3.05) is 11.9 Å². The maximum atomic E-state index is 4.66. The highest BCUT2D eigenvalue weighted by atomic mass is 32.1. The van der Waals surface area contributed by atoms with Crippen LogP contribution in [-0.2, 0) is 11.8 Å². The monoisotopic (exact) mass is 282 g/mol. The van der Waals surface area contributed by atoms with Gasteiger partial charge in [0.05, 0.1) is 10.7 Å². The van der Waals surface area contributed by atoms with Crippen LogP contribution in [0.4, 0.5) is 5.13 Å². The molecule has 0 aliphatic heterocycles. The molecular formula is C12H18N4S2. The van der Waals surface area contributed by atoms with Gasteiger partial charge in [0.25, 0.3) is 0 Å². The third-order valence-corrected chi connectivity index (χ3v) is 4.46. The molecule has 0 amide bonds. The van der Waals surface area contributed by atoms with Crippen molar-refractivity contribution in [1.82, 2.24) is 14.3 Å². The largest absolute Gasteiger partial charge is 0.360 e. The predicted molar refractivity (Wildman–Crippen MR) is 77.7 cm³/mol. The minimum absolute atomic E-state index is 0.146. The molecule has 0 unspecified atom stereocenters. The molecule has 2 aromatic rings. The molecule has 2 aromatic heterocycles. The smallest absolute Gasteiger partial charge is 0.202 e. The molecule has 0 fully saturated rings. The molecule has 0 aliphatic rings. The number of aromatic nitrogens is 3. The van der Waals surface area contributed by atoms with E-state index in [1.54, 1.807) is 11.3 Å². The van der Waals surface area contributed by atoms with Crippen LogP contribution in [0.2, 0.25) is 0 Å². The number of rotatable bonds is 4. The zero-order chi connectivity index (χ0) is 13.2. The lowest BCUT2D eigenvalue weighted by Gasteiger charge is -2.13. The molecule has 0 bridgehead atoms. The lowest BCUT2D eigenvalue weighted by molar-refractivity contribution is 0.583. The van der Waals surface area contributed by atoms with E-state index in [0.29, 0.717) is 0 Å². The first kappa shape index (κ1) is 13.4. The Morgan fingerprint density at radius 1 is 1.28 bits per heavy atom. The maximum absolute atomic E-state index is 4.66. The highest BCUT2D eigenvalue weighted by molar-refractivity contribution is 7.10. The van der Waals surface area contributed by atoms with Crippen LogP contribution in [0.5, 0.6) is 0 Å². The van der Waals surface area contributed by atoms with Crippen molar-refractivity contribution < 1.29 is 0 Å². The zero-order valence-electron chi connectivity index (χ0n) is 11.1. The van der Waals surface area contributed by atoms with Gasteiger partial charge >= 0.3 is 0 Å². The highest BCUT2D eigenvalue weighted by Crippen LogP contribution is 2.25. The van der Waals surface area contributed by atoms with Gasteiger partial charge in [-0.25, -0.2) is 9.97 Å². The number of nitrogens with one attached hydrogen (secondary N) is 1. The summed E-state index contributed by atoms with van der Waals surface area (Å²) >= 11 is 3.15. The molecule has 0 saturated carbocycles. The summed E-state index contributed by atoms with van der Waals surface area (Å²) in [4.78, 5) is 8.93. The Kier molecular flexibility index (Phi) is 3.97. The number of anilines is 1. The number of hydrogen-bond donors (Lipinski definition) is 1. The van der Waals surface area contributed by atoms with Crippen molar-refractivity contribution >= 4 is 28.0 Å². The molecule has 98 valence electrons. The topological polar surface area (TPSA) is 50.7 Å². The Balaban J connectivity index is 1.85. The number of nitrogens with zero attached hydrogens (tertiary/aromatic N) is 3. The fourth-order valence-electron chi connectivity index (χ4n) is 1.43. The second-order valence-corrected chi connectivity index (χ2v) is 6.83. The van der Waals surface area contributed by atoms with Crippen molar-refractivity contribution in [3.63, 3.8) is 0 Å². The Labute approximate surface area is 116 Å². The molecule has 0 saturated heterocycles. The molecule has 4 nitrogen and oxygen atoms in total. The van der Waals surface area contributed by atoms with E-state index in [9.17, 15) is 0 Å². The van der Waals surface area contributed by atoms with Gasteiger partial charge in [0.15, 0.2) is 0 Å². The van der Waals surface area contributed by atoms with Gasteiger partial charge in [-0.05, 0) is 6.92 Å². The predicted octanol–water partition coefficient (Wildman–Crippen LogP) is 3.26. The van der Waals surface area contributed by atoms with E-state index in [-0.39, 0.29) is 5.41 Å². The lowest BCUT2D eigenvalue weighted by atomic mass is 9.98. The fraction of sp³-hybridized carbons (Fsp3) is 0.583. The Hall–Kier alpha value is -1.01. The van der Waals surface area contributed by atoms with E-state index < -0.39 is 0 Å². The van der Waals surface area contributed by atoms with Gasteiger partial charge in [-0.2, -0.15) is 4.37 Å². The van der Waals surface area contributed by atoms with Gasteiger partial charge < -0.3 is 5.32 Å². The van der Waals surface area contributed by atoms with Crippen molar-refractivity contribution in [1.29, 1.82) is 0 Å². The SMILES string of the molecule is Cc1nsc(NCCc2csc(C(C)(C)C)n2)n1. The van der Waals surface area contributed by atoms with Crippen LogP contribution in [0, 0.1) is 6.92 Å². The van der Waals surface area contributed by atoms with Gasteiger partial charge in [-0.1, -0.05) is 20.8 Å². The van der Waals surface area contributed by atoms with E-state index in [1.165, 1.54) is 16.5 Å². The molecule has 0 atom stereocenters. The van der Waals surface area contributed by atoms with Crippen LogP contribution in [0.25, 0.3) is 0 Å². The van der Waals surface area contributed by atoms with Gasteiger partial charge in [0.2, 0.25) is 5.13 Å². The van der Waals surface area contributed by atoms with Crippen LogP contribution in [0.3, 0.4) is 0 Å². The summed E-state index contributed by atoms with van der Waals surface area (Å²) in [6.07, 6.45) is 0.922. The zero-order valence-corrected chi connectivity index (χ0v) is 12.8. The first-order chi connectivity index (χ1) is 8.45. The van der Waals surface area contributed by atoms with Crippen LogP contribution in [0.1, 0.15) is 37.3 Å². The number of aryl methyl sites for hydroxylation is 1. The third-order valence-electron chi connectivity index (χ3n) is 2.38. The van der Waals surface area contributed by atoms with Gasteiger partial charge in [0, 0.05) is 35.3 Å². The molecule has 2 rings (SSSR count). The minimum atomic E-state index is 0.146. The van der Waals surface area contributed by atoms with Crippen LogP contribution in [-0.4, -0.2) is 20.9 Å². The molecule has 2 heterocycles. The summed E-state index contributed by atoms with van der Waals surface area (Å²) in [6.45, 7) is 9.33. The van der Waals surface area contributed by atoms with Gasteiger partial charge in [0.1, 0.15) is 5.82 Å². The Morgan fingerprint density at radius 3 is 2.61 bits per heavy atom. The van der Waals surface area contributed by atoms with Crippen LogP contribution >= 0.6 is 22.9 Å². The summed E-state index contributed by atoms with van der Waals surface area (Å²) in [5, 5.41) is 7.50. The van der Waals surface area contributed by atoms with Gasteiger partial charge in [-0.3, -0.25) is 0 Å². The number of hydrogen-bond acceptors (Lipinski definition) is 6. The average Bonchev–Trinajstić information content (AvgIpc) is 2.87. The van der Waals surface area contributed by atoms with E-state index in [2.05, 4.69) is 45.8 Å². The van der Waals surface area contributed by atoms with Crippen LogP contribution < -0.4 is 5.32 Å². The molecule has 6 heteroatoms. The molecule has 0 aliphatic carbocycles. The summed E-state index contributed by atoms with van der Waals surface area (Å²) in [7, 11) is 0.